The van der Waals surface area contributed by atoms with Crippen molar-refractivity contribution in [1.29, 1.82) is 5.26 Å². The molecule has 3 amide bonds. The van der Waals surface area contributed by atoms with E-state index in [-0.39, 0.29) is 12.3 Å². The molecule has 1 aromatic heterocycles. The summed E-state index contributed by atoms with van der Waals surface area (Å²) in [6.07, 6.45) is 2.01. The first kappa shape index (κ1) is 19.4. The molecular formula is C23H20N4O3. The van der Waals surface area contributed by atoms with Crippen LogP contribution in [0.4, 0.5) is 4.79 Å². The number of ketones is 1. The fourth-order valence-electron chi connectivity index (χ4n) is 3.86. The zero-order chi connectivity index (χ0) is 21.3. The molecule has 30 heavy (non-hydrogen) atoms. The van der Waals surface area contributed by atoms with Crippen LogP contribution in [0, 0.1) is 11.3 Å². The van der Waals surface area contributed by atoms with Crippen LogP contribution in [0.5, 0.6) is 0 Å². The van der Waals surface area contributed by atoms with Gasteiger partial charge in [0.15, 0.2) is 5.78 Å². The number of amides is 3. The van der Waals surface area contributed by atoms with Gasteiger partial charge in [0, 0.05) is 29.2 Å². The Morgan fingerprint density at radius 2 is 1.80 bits per heavy atom. The van der Waals surface area contributed by atoms with Crippen LogP contribution < -0.4 is 5.32 Å². The van der Waals surface area contributed by atoms with Gasteiger partial charge in [-0.05, 0) is 18.6 Å². The number of nitriles is 1. The first-order chi connectivity index (χ1) is 14.5. The zero-order valence-electron chi connectivity index (χ0n) is 16.5. The number of rotatable bonds is 6. The van der Waals surface area contributed by atoms with Crippen molar-refractivity contribution in [3.8, 4) is 6.07 Å². The number of carbonyl (C=O) groups is 3. The highest BCUT2D eigenvalue weighted by Gasteiger charge is 2.49. The minimum absolute atomic E-state index is 0.314. The highest BCUT2D eigenvalue weighted by molar-refractivity contribution is 6.14. The number of fused-ring (bicyclic) bond motifs is 1. The van der Waals surface area contributed by atoms with Gasteiger partial charge in [-0.3, -0.25) is 14.5 Å². The second kappa shape index (κ2) is 7.48. The summed E-state index contributed by atoms with van der Waals surface area (Å²) in [5.74, 6) is -0.789. The number of imide groups is 1. The average molecular weight is 400 g/mol. The van der Waals surface area contributed by atoms with Gasteiger partial charge in [-0.25, -0.2) is 4.79 Å². The van der Waals surface area contributed by atoms with Gasteiger partial charge in [-0.15, -0.1) is 0 Å². The first-order valence-electron chi connectivity index (χ1n) is 9.63. The fraction of sp³-hybridized carbons (Fsp3) is 0.217. The molecule has 0 bridgehead atoms. The average Bonchev–Trinajstić information content (AvgIpc) is 3.24. The van der Waals surface area contributed by atoms with Gasteiger partial charge in [-0.1, -0.05) is 48.5 Å². The standard InChI is InChI=1S/C23H20N4O3/c1-23(16-8-3-2-4-9-16)21(29)27(22(30)25-23)15-20(28)18-14-26(13-7-12-24)19-11-6-5-10-17(18)19/h2-6,8-11,14H,7,13,15H2,1H3,(H,25,30). The molecule has 0 radical (unpaired) electrons. The van der Waals surface area contributed by atoms with Crippen molar-refractivity contribution in [2.24, 2.45) is 0 Å². The Morgan fingerprint density at radius 1 is 1.10 bits per heavy atom. The third-order valence-electron chi connectivity index (χ3n) is 5.48. The Bertz CT molecular complexity index is 1190. The number of carbonyl (C=O) groups excluding carboxylic acids is 3. The second-order valence-electron chi connectivity index (χ2n) is 7.40. The number of hydrogen-bond acceptors (Lipinski definition) is 4. The van der Waals surface area contributed by atoms with Gasteiger partial charge in [0.25, 0.3) is 5.91 Å². The minimum atomic E-state index is -1.21. The first-order valence-corrected chi connectivity index (χ1v) is 9.63. The monoisotopic (exact) mass is 400 g/mol. The Labute approximate surface area is 173 Å². The highest BCUT2D eigenvalue weighted by atomic mass is 16.2. The van der Waals surface area contributed by atoms with Crippen LogP contribution in [0.15, 0.2) is 60.8 Å². The number of Topliss-reactive ketones (excluding diaryl/α,β-unsaturated/α-hetero) is 1. The molecule has 1 aliphatic heterocycles. The van der Waals surface area contributed by atoms with E-state index >= 15 is 0 Å². The lowest BCUT2D eigenvalue weighted by Gasteiger charge is -2.22. The molecule has 1 saturated heterocycles. The van der Waals surface area contributed by atoms with Crippen LogP contribution in [0.3, 0.4) is 0 Å². The molecule has 2 heterocycles. The summed E-state index contributed by atoms with van der Waals surface area (Å²) in [5.41, 5.74) is 0.714. The largest absolute Gasteiger partial charge is 0.346 e. The molecule has 1 unspecified atom stereocenters. The molecule has 1 aliphatic rings. The molecule has 0 spiro atoms. The van der Waals surface area contributed by atoms with E-state index in [4.69, 9.17) is 5.26 Å². The predicted molar refractivity (Wildman–Crippen MR) is 111 cm³/mol. The van der Waals surface area contributed by atoms with E-state index in [1.165, 1.54) is 0 Å². The van der Waals surface area contributed by atoms with Crippen molar-refractivity contribution in [3.05, 3.63) is 71.9 Å². The summed E-state index contributed by atoms with van der Waals surface area (Å²) < 4.78 is 1.85. The normalized spacial score (nSPS) is 18.5. The summed E-state index contributed by atoms with van der Waals surface area (Å²) in [6.45, 7) is 1.75. The van der Waals surface area contributed by atoms with E-state index in [0.29, 0.717) is 24.1 Å². The number of nitrogens with one attached hydrogen (secondary N) is 1. The highest BCUT2D eigenvalue weighted by Crippen LogP contribution is 2.29. The van der Waals surface area contributed by atoms with E-state index in [1.807, 2.05) is 34.9 Å². The second-order valence-corrected chi connectivity index (χ2v) is 7.40. The fourth-order valence-corrected chi connectivity index (χ4v) is 3.86. The number of aryl methyl sites for hydroxylation is 1. The summed E-state index contributed by atoms with van der Waals surface area (Å²) >= 11 is 0. The van der Waals surface area contributed by atoms with Gasteiger partial charge in [-0.2, -0.15) is 5.26 Å². The van der Waals surface area contributed by atoms with E-state index in [1.54, 1.807) is 37.4 Å². The molecule has 1 fully saturated rings. The van der Waals surface area contributed by atoms with Gasteiger partial charge >= 0.3 is 6.03 Å². The van der Waals surface area contributed by atoms with Gasteiger partial charge in [0.1, 0.15) is 5.54 Å². The van der Waals surface area contributed by atoms with E-state index in [0.717, 1.165) is 15.8 Å². The van der Waals surface area contributed by atoms with Crippen LogP contribution in [0.1, 0.15) is 29.3 Å². The molecule has 2 aromatic carbocycles. The molecule has 3 aromatic rings. The Hall–Kier alpha value is -3.92. The van der Waals surface area contributed by atoms with Crippen LogP contribution in [-0.4, -0.2) is 33.7 Å². The summed E-state index contributed by atoms with van der Waals surface area (Å²) in [7, 11) is 0. The lowest BCUT2D eigenvalue weighted by atomic mass is 9.92. The van der Waals surface area contributed by atoms with Crippen LogP contribution in [0.25, 0.3) is 10.9 Å². The van der Waals surface area contributed by atoms with Crippen molar-refractivity contribution < 1.29 is 14.4 Å². The topological polar surface area (TPSA) is 95.2 Å². The van der Waals surface area contributed by atoms with Crippen LogP contribution >= 0.6 is 0 Å². The summed E-state index contributed by atoms with van der Waals surface area (Å²) in [4.78, 5) is 39.7. The Morgan fingerprint density at radius 3 is 2.53 bits per heavy atom. The summed E-state index contributed by atoms with van der Waals surface area (Å²) in [6, 6.07) is 17.9. The maximum atomic E-state index is 13.1. The third-order valence-corrected chi connectivity index (χ3v) is 5.48. The van der Waals surface area contributed by atoms with Gasteiger partial charge in [0.2, 0.25) is 0 Å². The van der Waals surface area contributed by atoms with Crippen molar-refractivity contribution in [3.63, 3.8) is 0 Å². The smallest absolute Gasteiger partial charge is 0.325 e. The lowest BCUT2D eigenvalue weighted by molar-refractivity contribution is -0.130. The zero-order valence-corrected chi connectivity index (χ0v) is 16.5. The molecule has 7 nitrogen and oxygen atoms in total. The number of benzene rings is 2. The Kier molecular flexibility index (Phi) is 4.84. The number of para-hydroxylation sites is 1. The van der Waals surface area contributed by atoms with Gasteiger partial charge in [0.05, 0.1) is 19.0 Å². The molecular weight excluding hydrogens is 380 g/mol. The molecule has 0 saturated carbocycles. The van der Waals surface area contributed by atoms with Crippen molar-refractivity contribution in [2.45, 2.75) is 25.4 Å². The molecule has 1 N–H and O–H groups in total. The molecule has 4 rings (SSSR count). The minimum Gasteiger partial charge on any atom is -0.346 e. The number of aromatic nitrogens is 1. The maximum Gasteiger partial charge on any atom is 0.325 e. The number of nitrogens with zero attached hydrogens (tertiary/aromatic N) is 3. The van der Waals surface area contributed by atoms with Crippen molar-refractivity contribution in [1.82, 2.24) is 14.8 Å². The van der Waals surface area contributed by atoms with Crippen LogP contribution in [-0.2, 0) is 16.9 Å². The quantitative estimate of drug-likeness (QED) is 0.508. The van der Waals surface area contributed by atoms with Crippen LogP contribution in [0.2, 0.25) is 0 Å². The van der Waals surface area contributed by atoms with E-state index < -0.39 is 17.5 Å². The predicted octanol–water partition coefficient (Wildman–Crippen LogP) is 3.20. The molecule has 1 atom stereocenters. The molecule has 150 valence electrons. The van der Waals surface area contributed by atoms with Gasteiger partial charge < -0.3 is 9.88 Å². The number of urea groups is 1. The summed E-state index contributed by atoms with van der Waals surface area (Å²) in [5, 5.41) is 12.3. The maximum absolute atomic E-state index is 13.1. The van der Waals surface area contributed by atoms with E-state index in [2.05, 4.69) is 11.4 Å². The van der Waals surface area contributed by atoms with Crippen molar-refractivity contribution >= 4 is 28.6 Å². The molecule has 0 aliphatic carbocycles. The van der Waals surface area contributed by atoms with E-state index in [9.17, 15) is 14.4 Å². The SMILES string of the molecule is CC1(c2ccccc2)NC(=O)N(CC(=O)c2cn(CCC#N)c3ccccc23)C1=O. The van der Waals surface area contributed by atoms with Crippen molar-refractivity contribution in [2.75, 3.05) is 6.54 Å². The molecule has 7 heteroatoms. The Balaban J connectivity index is 1.63. The third kappa shape index (κ3) is 3.12. The number of hydrogen-bond donors (Lipinski definition) is 1. The lowest BCUT2D eigenvalue weighted by Crippen LogP contribution is -2.41.